The summed E-state index contributed by atoms with van der Waals surface area (Å²) in [5.74, 6) is -1.22. The molecule has 15 heavy (non-hydrogen) atoms. The van der Waals surface area contributed by atoms with Crippen molar-refractivity contribution in [2.45, 2.75) is 12.5 Å². The van der Waals surface area contributed by atoms with Crippen molar-refractivity contribution in [2.24, 2.45) is 7.05 Å². The molecular weight excluding hydrogens is 198 g/mol. The number of hydrogen-bond donors (Lipinski definition) is 1. The Hall–Kier alpha value is -1.85. The van der Waals surface area contributed by atoms with E-state index < -0.39 is 12.0 Å². The van der Waals surface area contributed by atoms with E-state index in [-0.39, 0.29) is 5.91 Å². The molecule has 1 saturated heterocycles. The zero-order valence-corrected chi connectivity index (χ0v) is 8.25. The third kappa shape index (κ3) is 1.47. The van der Waals surface area contributed by atoms with E-state index in [1.807, 2.05) is 0 Å². The van der Waals surface area contributed by atoms with E-state index in [2.05, 4.69) is 5.10 Å². The van der Waals surface area contributed by atoms with Crippen LogP contribution < -0.4 is 0 Å². The number of aromatic nitrogens is 2. The Morgan fingerprint density at radius 1 is 1.60 bits per heavy atom. The summed E-state index contributed by atoms with van der Waals surface area (Å²) in [7, 11) is 1.66. The molecule has 0 aromatic carbocycles. The lowest BCUT2D eigenvalue weighted by Gasteiger charge is -2.37. The van der Waals surface area contributed by atoms with E-state index >= 15 is 0 Å². The number of hydrogen-bond acceptors (Lipinski definition) is 3. The third-order valence-corrected chi connectivity index (χ3v) is 2.61. The first-order valence-electron chi connectivity index (χ1n) is 4.63. The maximum atomic E-state index is 11.8. The molecule has 1 aromatic heterocycles. The smallest absolute Gasteiger partial charge is 0.326 e. The number of carbonyl (C=O) groups excluding carboxylic acids is 1. The van der Waals surface area contributed by atoms with Crippen molar-refractivity contribution in [2.75, 3.05) is 6.54 Å². The van der Waals surface area contributed by atoms with Crippen molar-refractivity contribution in [1.82, 2.24) is 14.7 Å². The Kier molecular flexibility index (Phi) is 2.18. The van der Waals surface area contributed by atoms with Crippen LogP contribution in [-0.2, 0) is 11.8 Å². The van der Waals surface area contributed by atoms with Gasteiger partial charge in [-0.3, -0.25) is 9.48 Å². The molecule has 1 aliphatic heterocycles. The molecule has 1 amide bonds. The average molecular weight is 209 g/mol. The van der Waals surface area contributed by atoms with Gasteiger partial charge in [-0.05, 0) is 12.5 Å². The van der Waals surface area contributed by atoms with Crippen LogP contribution in [0.5, 0.6) is 0 Å². The molecule has 1 unspecified atom stereocenters. The third-order valence-electron chi connectivity index (χ3n) is 2.61. The highest BCUT2D eigenvalue weighted by Crippen LogP contribution is 2.20. The van der Waals surface area contributed by atoms with Crippen molar-refractivity contribution in [1.29, 1.82) is 0 Å². The minimum Gasteiger partial charge on any atom is -0.480 e. The fourth-order valence-corrected chi connectivity index (χ4v) is 1.62. The van der Waals surface area contributed by atoms with Crippen LogP contribution in [0.4, 0.5) is 0 Å². The van der Waals surface area contributed by atoms with Gasteiger partial charge in [-0.2, -0.15) is 5.10 Å². The second-order valence-corrected chi connectivity index (χ2v) is 3.48. The summed E-state index contributed by atoms with van der Waals surface area (Å²) in [6, 6.07) is 0.909. The van der Waals surface area contributed by atoms with Crippen LogP contribution in [-0.4, -0.2) is 44.3 Å². The quantitative estimate of drug-likeness (QED) is 0.726. The van der Waals surface area contributed by atoms with Crippen LogP contribution in [0, 0.1) is 0 Å². The number of carboxylic acid groups (broad SMARTS) is 1. The summed E-state index contributed by atoms with van der Waals surface area (Å²) in [4.78, 5) is 23.9. The number of amides is 1. The molecule has 1 N–H and O–H groups in total. The standard InChI is InChI=1S/C9H11N3O3/c1-11-6(2-4-10-11)8(13)12-5-3-7(12)9(14)15/h2,4,7H,3,5H2,1H3,(H,14,15). The lowest BCUT2D eigenvalue weighted by atomic mass is 10.0. The van der Waals surface area contributed by atoms with E-state index in [0.717, 1.165) is 0 Å². The van der Waals surface area contributed by atoms with Crippen LogP contribution in [0.3, 0.4) is 0 Å². The van der Waals surface area contributed by atoms with E-state index in [0.29, 0.717) is 18.7 Å². The topological polar surface area (TPSA) is 75.4 Å². The van der Waals surface area contributed by atoms with E-state index in [4.69, 9.17) is 5.11 Å². The van der Waals surface area contributed by atoms with Gasteiger partial charge >= 0.3 is 5.97 Å². The molecular formula is C9H11N3O3. The van der Waals surface area contributed by atoms with Gasteiger partial charge < -0.3 is 10.0 Å². The van der Waals surface area contributed by atoms with E-state index in [9.17, 15) is 9.59 Å². The van der Waals surface area contributed by atoms with Gasteiger partial charge in [-0.1, -0.05) is 0 Å². The molecule has 0 radical (unpaired) electrons. The maximum Gasteiger partial charge on any atom is 0.326 e. The average Bonchev–Trinajstić information content (AvgIpc) is 2.47. The summed E-state index contributed by atoms with van der Waals surface area (Å²) >= 11 is 0. The van der Waals surface area contributed by atoms with Crippen LogP contribution in [0.1, 0.15) is 16.9 Å². The Balaban J connectivity index is 2.16. The van der Waals surface area contributed by atoms with Gasteiger partial charge in [0.15, 0.2) is 0 Å². The zero-order valence-electron chi connectivity index (χ0n) is 8.25. The van der Waals surface area contributed by atoms with Gasteiger partial charge in [0.2, 0.25) is 0 Å². The molecule has 0 saturated carbocycles. The van der Waals surface area contributed by atoms with Crippen LogP contribution in [0.15, 0.2) is 12.3 Å². The van der Waals surface area contributed by atoms with Gasteiger partial charge in [0, 0.05) is 19.8 Å². The highest BCUT2D eigenvalue weighted by molar-refractivity contribution is 5.96. The van der Waals surface area contributed by atoms with E-state index in [1.165, 1.54) is 15.8 Å². The fraction of sp³-hybridized carbons (Fsp3) is 0.444. The van der Waals surface area contributed by atoms with Gasteiger partial charge in [0.25, 0.3) is 5.91 Å². The first-order chi connectivity index (χ1) is 7.11. The number of nitrogens with zero attached hydrogens (tertiary/aromatic N) is 3. The minimum atomic E-state index is -0.947. The van der Waals surface area contributed by atoms with Gasteiger partial charge in [-0.15, -0.1) is 0 Å². The lowest BCUT2D eigenvalue weighted by molar-refractivity contribution is -0.146. The van der Waals surface area contributed by atoms with Crippen molar-refractivity contribution in [3.8, 4) is 0 Å². The summed E-state index contributed by atoms with van der Waals surface area (Å²) in [6.07, 6.45) is 2.04. The first kappa shape index (κ1) is 9.70. The fourth-order valence-electron chi connectivity index (χ4n) is 1.62. The highest BCUT2D eigenvalue weighted by atomic mass is 16.4. The van der Waals surface area contributed by atoms with Gasteiger partial charge in [-0.25, -0.2) is 4.79 Å². The predicted octanol–water partition coefficient (Wildman–Crippen LogP) is -0.281. The zero-order chi connectivity index (χ0) is 11.0. The second-order valence-electron chi connectivity index (χ2n) is 3.48. The molecule has 6 nitrogen and oxygen atoms in total. The second kappa shape index (κ2) is 3.38. The van der Waals surface area contributed by atoms with Crippen molar-refractivity contribution in [3.63, 3.8) is 0 Å². The van der Waals surface area contributed by atoms with Crippen molar-refractivity contribution >= 4 is 11.9 Å². The predicted molar refractivity (Wildman–Crippen MR) is 50.3 cm³/mol. The Labute approximate surface area is 86.1 Å². The monoisotopic (exact) mass is 209 g/mol. The summed E-state index contributed by atoms with van der Waals surface area (Å²) in [5.41, 5.74) is 0.418. The number of carbonyl (C=O) groups is 2. The Morgan fingerprint density at radius 3 is 2.73 bits per heavy atom. The van der Waals surface area contributed by atoms with Crippen LogP contribution in [0.25, 0.3) is 0 Å². The molecule has 1 aromatic rings. The molecule has 1 fully saturated rings. The molecule has 1 atom stereocenters. The van der Waals surface area contributed by atoms with Crippen molar-refractivity contribution < 1.29 is 14.7 Å². The highest BCUT2D eigenvalue weighted by Gasteiger charge is 2.38. The SMILES string of the molecule is Cn1nccc1C(=O)N1CCC1C(=O)O. The van der Waals surface area contributed by atoms with Gasteiger partial charge in [0.1, 0.15) is 11.7 Å². The van der Waals surface area contributed by atoms with Gasteiger partial charge in [0.05, 0.1) is 0 Å². The minimum absolute atomic E-state index is 0.270. The number of likely N-dealkylation sites (tertiary alicyclic amines) is 1. The summed E-state index contributed by atoms with van der Waals surface area (Å²) < 4.78 is 1.44. The maximum absolute atomic E-state index is 11.8. The number of carboxylic acids is 1. The van der Waals surface area contributed by atoms with Crippen LogP contribution >= 0.6 is 0 Å². The normalized spacial score (nSPS) is 19.8. The Morgan fingerprint density at radius 2 is 2.33 bits per heavy atom. The largest absolute Gasteiger partial charge is 0.480 e. The van der Waals surface area contributed by atoms with Crippen molar-refractivity contribution in [3.05, 3.63) is 18.0 Å². The summed E-state index contributed by atoms with van der Waals surface area (Å²) in [6.45, 7) is 0.501. The molecule has 6 heteroatoms. The Bertz CT molecular complexity index is 412. The molecule has 0 bridgehead atoms. The molecule has 1 aliphatic rings. The molecule has 2 heterocycles. The number of rotatable bonds is 2. The van der Waals surface area contributed by atoms with Crippen LogP contribution in [0.2, 0.25) is 0 Å². The number of aliphatic carboxylic acids is 1. The molecule has 0 aliphatic carbocycles. The molecule has 0 spiro atoms. The lowest BCUT2D eigenvalue weighted by Crippen LogP contribution is -2.55. The molecule has 80 valence electrons. The molecule has 2 rings (SSSR count). The van der Waals surface area contributed by atoms with E-state index in [1.54, 1.807) is 13.1 Å². The summed E-state index contributed by atoms with van der Waals surface area (Å²) in [5, 5.41) is 12.7. The number of aryl methyl sites for hydroxylation is 1. The first-order valence-corrected chi connectivity index (χ1v) is 4.63.